The van der Waals surface area contributed by atoms with Crippen molar-refractivity contribution in [1.82, 2.24) is 20.0 Å². The van der Waals surface area contributed by atoms with Gasteiger partial charge in [0.2, 0.25) is 0 Å². The lowest BCUT2D eigenvalue weighted by atomic mass is 10.0. The SMILES string of the molecule is CC1(C(=O)N2CCCN(Cc3cn[nH]c3C(=O)O)CC2)CCCO1. The molecule has 8 nitrogen and oxygen atoms in total. The molecular formula is C16H24N4O4. The molecular weight excluding hydrogens is 312 g/mol. The second-order valence-corrected chi connectivity index (χ2v) is 6.68. The van der Waals surface area contributed by atoms with E-state index in [0.29, 0.717) is 38.3 Å². The number of aromatic carboxylic acids is 1. The van der Waals surface area contributed by atoms with Gasteiger partial charge in [0.1, 0.15) is 11.3 Å². The lowest BCUT2D eigenvalue weighted by Crippen LogP contribution is -2.48. The number of carbonyl (C=O) groups excluding carboxylic acids is 1. The van der Waals surface area contributed by atoms with E-state index in [2.05, 4.69) is 15.1 Å². The molecule has 1 amide bonds. The first-order valence-electron chi connectivity index (χ1n) is 8.41. The first kappa shape index (κ1) is 16.9. The Balaban J connectivity index is 1.60. The van der Waals surface area contributed by atoms with E-state index in [1.807, 2.05) is 11.8 Å². The Kier molecular flexibility index (Phi) is 4.86. The van der Waals surface area contributed by atoms with Crippen molar-refractivity contribution in [2.75, 3.05) is 32.8 Å². The van der Waals surface area contributed by atoms with E-state index >= 15 is 0 Å². The second kappa shape index (κ2) is 6.90. The number of nitrogens with zero attached hydrogens (tertiary/aromatic N) is 3. The maximum Gasteiger partial charge on any atom is 0.354 e. The molecule has 8 heteroatoms. The minimum absolute atomic E-state index is 0.0800. The third kappa shape index (κ3) is 3.44. The van der Waals surface area contributed by atoms with Crippen LogP contribution in [0.15, 0.2) is 6.20 Å². The molecule has 2 aliphatic rings. The van der Waals surface area contributed by atoms with Gasteiger partial charge in [0.15, 0.2) is 0 Å². The Morgan fingerprint density at radius 2 is 2.17 bits per heavy atom. The lowest BCUT2D eigenvalue weighted by Gasteiger charge is -2.30. The standard InChI is InChI=1S/C16H24N4O4/c1-16(4-2-9-24-16)15(23)20-6-3-5-19(7-8-20)11-12-10-17-18-13(12)14(21)22/h10H,2-9,11H2,1H3,(H,17,18)(H,21,22). The fourth-order valence-electron chi connectivity index (χ4n) is 3.47. The summed E-state index contributed by atoms with van der Waals surface area (Å²) < 4.78 is 5.67. The van der Waals surface area contributed by atoms with Crippen LogP contribution in [0.2, 0.25) is 0 Å². The van der Waals surface area contributed by atoms with Crippen molar-refractivity contribution < 1.29 is 19.4 Å². The Labute approximate surface area is 140 Å². The molecule has 2 fully saturated rings. The van der Waals surface area contributed by atoms with E-state index in [-0.39, 0.29) is 11.6 Å². The number of hydrogen-bond donors (Lipinski definition) is 2. The number of carboxylic acids is 1. The van der Waals surface area contributed by atoms with Crippen LogP contribution in [-0.2, 0) is 16.1 Å². The van der Waals surface area contributed by atoms with Crippen LogP contribution >= 0.6 is 0 Å². The zero-order chi connectivity index (χ0) is 17.2. The number of hydrogen-bond acceptors (Lipinski definition) is 5. The predicted octanol–water partition coefficient (Wildman–Crippen LogP) is 0.711. The van der Waals surface area contributed by atoms with Gasteiger partial charge in [-0.3, -0.25) is 14.8 Å². The largest absolute Gasteiger partial charge is 0.477 e. The van der Waals surface area contributed by atoms with Gasteiger partial charge in [-0.15, -0.1) is 0 Å². The molecule has 0 aliphatic carbocycles. The zero-order valence-electron chi connectivity index (χ0n) is 14.0. The molecule has 1 unspecified atom stereocenters. The first-order valence-corrected chi connectivity index (χ1v) is 8.41. The molecule has 1 atom stereocenters. The first-order chi connectivity index (χ1) is 11.5. The second-order valence-electron chi connectivity index (χ2n) is 6.68. The Morgan fingerprint density at radius 3 is 2.88 bits per heavy atom. The van der Waals surface area contributed by atoms with Gasteiger partial charge in [0.05, 0.1) is 6.20 Å². The number of nitrogens with one attached hydrogen (secondary N) is 1. The normalized spacial score (nSPS) is 25.6. The summed E-state index contributed by atoms with van der Waals surface area (Å²) in [6, 6.07) is 0. The third-order valence-corrected chi connectivity index (χ3v) is 4.87. The Bertz CT molecular complexity index is 609. The highest BCUT2D eigenvalue weighted by atomic mass is 16.5. The van der Waals surface area contributed by atoms with Crippen molar-refractivity contribution in [1.29, 1.82) is 0 Å². The smallest absolute Gasteiger partial charge is 0.354 e. The molecule has 0 aromatic carbocycles. The summed E-state index contributed by atoms with van der Waals surface area (Å²) in [5.74, 6) is -0.920. The van der Waals surface area contributed by atoms with Crippen LogP contribution in [0.5, 0.6) is 0 Å². The molecule has 2 aliphatic heterocycles. The van der Waals surface area contributed by atoms with Crippen molar-refractivity contribution in [3.63, 3.8) is 0 Å². The predicted molar refractivity (Wildman–Crippen MR) is 85.6 cm³/mol. The van der Waals surface area contributed by atoms with Gasteiger partial charge >= 0.3 is 5.97 Å². The number of carboxylic acid groups (broad SMARTS) is 1. The monoisotopic (exact) mass is 336 g/mol. The van der Waals surface area contributed by atoms with Gasteiger partial charge in [0, 0.05) is 44.9 Å². The van der Waals surface area contributed by atoms with E-state index in [1.54, 1.807) is 6.20 Å². The molecule has 3 rings (SSSR count). The van der Waals surface area contributed by atoms with E-state index < -0.39 is 11.6 Å². The number of amides is 1. The van der Waals surface area contributed by atoms with Crippen LogP contribution in [0.25, 0.3) is 0 Å². The van der Waals surface area contributed by atoms with E-state index in [9.17, 15) is 9.59 Å². The summed E-state index contributed by atoms with van der Waals surface area (Å²) >= 11 is 0. The minimum atomic E-state index is -1.000. The maximum absolute atomic E-state index is 12.7. The summed E-state index contributed by atoms with van der Waals surface area (Å²) in [6.45, 7) is 5.95. The molecule has 0 saturated carbocycles. The molecule has 2 saturated heterocycles. The van der Waals surface area contributed by atoms with Crippen LogP contribution in [0.4, 0.5) is 0 Å². The van der Waals surface area contributed by atoms with Crippen molar-refractivity contribution >= 4 is 11.9 Å². The van der Waals surface area contributed by atoms with Crippen LogP contribution < -0.4 is 0 Å². The molecule has 0 spiro atoms. The van der Waals surface area contributed by atoms with E-state index in [0.717, 1.165) is 25.8 Å². The number of H-pyrrole nitrogens is 1. The quantitative estimate of drug-likeness (QED) is 0.840. The average molecular weight is 336 g/mol. The van der Waals surface area contributed by atoms with Crippen molar-refractivity contribution in [2.45, 2.75) is 38.3 Å². The van der Waals surface area contributed by atoms with Crippen LogP contribution in [-0.4, -0.2) is 75.4 Å². The van der Waals surface area contributed by atoms with Crippen LogP contribution in [0.1, 0.15) is 42.2 Å². The zero-order valence-corrected chi connectivity index (χ0v) is 14.0. The molecule has 0 radical (unpaired) electrons. The number of ether oxygens (including phenoxy) is 1. The highest BCUT2D eigenvalue weighted by molar-refractivity contribution is 5.87. The Morgan fingerprint density at radius 1 is 1.33 bits per heavy atom. The van der Waals surface area contributed by atoms with Crippen molar-refractivity contribution in [3.05, 3.63) is 17.5 Å². The highest BCUT2D eigenvalue weighted by Gasteiger charge is 2.40. The Hall–Kier alpha value is -1.93. The van der Waals surface area contributed by atoms with E-state index in [4.69, 9.17) is 9.84 Å². The summed E-state index contributed by atoms with van der Waals surface area (Å²) in [7, 11) is 0. The molecule has 1 aromatic rings. The van der Waals surface area contributed by atoms with Crippen LogP contribution in [0, 0.1) is 0 Å². The molecule has 132 valence electrons. The van der Waals surface area contributed by atoms with Gasteiger partial charge in [-0.05, 0) is 26.2 Å². The minimum Gasteiger partial charge on any atom is -0.477 e. The summed E-state index contributed by atoms with van der Waals surface area (Å²) in [5, 5.41) is 15.5. The number of carbonyl (C=O) groups is 2. The fourth-order valence-corrected chi connectivity index (χ4v) is 3.47. The van der Waals surface area contributed by atoms with Gasteiger partial charge in [-0.25, -0.2) is 4.79 Å². The highest BCUT2D eigenvalue weighted by Crippen LogP contribution is 2.27. The molecule has 0 bridgehead atoms. The van der Waals surface area contributed by atoms with Crippen molar-refractivity contribution in [2.24, 2.45) is 0 Å². The fraction of sp³-hybridized carbons (Fsp3) is 0.688. The van der Waals surface area contributed by atoms with Gasteiger partial charge in [-0.2, -0.15) is 5.10 Å². The summed E-state index contributed by atoms with van der Waals surface area (Å²) in [4.78, 5) is 27.9. The number of aromatic amines is 1. The van der Waals surface area contributed by atoms with Gasteiger partial charge in [-0.1, -0.05) is 0 Å². The topological polar surface area (TPSA) is 98.8 Å². The summed E-state index contributed by atoms with van der Waals surface area (Å²) in [5.41, 5.74) is 0.142. The molecule has 1 aromatic heterocycles. The lowest BCUT2D eigenvalue weighted by molar-refractivity contribution is -0.150. The van der Waals surface area contributed by atoms with Crippen LogP contribution in [0.3, 0.4) is 0 Å². The van der Waals surface area contributed by atoms with E-state index in [1.165, 1.54) is 0 Å². The third-order valence-electron chi connectivity index (χ3n) is 4.87. The van der Waals surface area contributed by atoms with Gasteiger partial charge < -0.3 is 14.7 Å². The maximum atomic E-state index is 12.7. The van der Waals surface area contributed by atoms with Crippen molar-refractivity contribution in [3.8, 4) is 0 Å². The number of aromatic nitrogens is 2. The number of rotatable bonds is 4. The molecule has 3 heterocycles. The van der Waals surface area contributed by atoms with Gasteiger partial charge in [0.25, 0.3) is 5.91 Å². The molecule has 2 N–H and O–H groups in total. The molecule has 24 heavy (non-hydrogen) atoms. The summed E-state index contributed by atoms with van der Waals surface area (Å²) in [6.07, 6.45) is 4.14. The average Bonchev–Trinajstić information content (AvgIpc) is 3.13.